The van der Waals surface area contributed by atoms with Gasteiger partial charge in [-0.3, -0.25) is 0 Å². The van der Waals surface area contributed by atoms with Crippen LogP contribution in [0, 0.1) is 18.2 Å². The molecule has 1 aliphatic heterocycles. The third-order valence-electron chi connectivity index (χ3n) is 7.62. The lowest BCUT2D eigenvalue weighted by atomic mass is 9.90. The van der Waals surface area contributed by atoms with E-state index in [1.54, 1.807) is 32.0 Å². The maximum atomic E-state index is 16.0. The third-order valence-corrected chi connectivity index (χ3v) is 11.2. The molecule has 3 aromatic carbocycles. The molecule has 0 saturated heterocycles. The first-order chi connectivity index (χ1) is 18.1. The molecule has 4 aromatic rings. The first-order valence-corrected chi connectivity index (χ1v) is 15.2. The fourth-order valence-corrected chi connectivity index (χ4v) is 10.0. The van der Waals surface area contributed by atoms with Crippen molar-refractivity contribution in [1.82, 2.24) is 0 Å². The summed E-state index contributed by atoms with van der Waals surface area (Å²) in [4.78, 5) is 0. The average molecular weight is 483 g/mol. The van der Waals surface area contributed by atoms with Crippen LogP contribution in [0.25, 0.3) is 33.5 Å². The highest BCUT2D eigenvalue weighted by Crippen LogP contribution is 2.41. The second kappa shape index (κ2) is 7.48. The normalized spacial score (nSPS) is 21.2. The van der Waals surface area contributed by atoms with E-state index in [0.29, 0.717) is 22.3 Å². The van der Waals surface area contributed by atoms with E-state index in [1.165, 1.54) is 22.4 Å². The van der Waals surface area contributed by atoms with E-state index in [0.717, 1.165) is 22.0 Å². The van der Waals surface area contributed by atoms with E-state index in [-0.39, 0.29) is 5.82 Å². The van der Waals surface area contributed by atoms with Gasteiger partial charge in [0.25, 0.3) is 0 Å². The van der Waals surface area contributed by atoms with Crippen molar-refractivity contribution in [2.75, 3.05) is 0 Å². The lowest BCUT2D eigenvalue weighted by molar-refractivity contribution is -0.660. The van der Waals surface area contributed by atoms with Crippen molar-refractivity contribution >= 4 is 18.4 Å². The quantitative estimate of drug-likeness (QED) is 0.236. The van der Waals surface area contributed by atoms with Gasteiger partial charge in [-0.2, -0.15) is 0 Å². The summed E-state index contributed by atoms with van der Waals surface area (Å²) < 4.78 is 53.3. The Hall–Kier alpha value is -3.04. The molecule has 0 unspecified atom stereocenters. The zero-order chi connectivity index (χ0) is 28.3. The van der Waals surface area contributed by atoms with Crippen molar-refractivity contribution in [3.05, 3.63) is 89.4 Å². The van der Waals surface area contributed by atoms with Gasteiger partial charge in [0, 0.05) is 28.7 Å². The van der Waals surface area contributed by atoms with Gasteiger partial charge >= 0.3 is 0 Å². The monoisotopic (exact) mass is 482 g/mol. The van der Waals surface area contributed by atoms with E-state index in [2.05, 4.69) is 62.1 Å². The second-order valence-electron chi connectivity index (χ2n) is 11.0. The molecule has 0 amide bonds. The summed E-state index contributed by atoms with van der Waals surface area (Å²) in [5.74, 6) is -0.327. The number of hydrogen-bond acceptors (Lipinski definition) is 0. The molecular formula is C32H33FNSi+. The van der Waals surface area contributed by atoms with Gasteiger partial charge in [0.1, 0.15) is 20.9 Å². The van der Waals surface area contributed by atoms with Gasteiger partial charge in [-0.05, 0) is 81.0 Å². The summed E-state index contributed by atoms with van der Waals surface area (Å²) in [6, 6.07) is 19.1. The van der Waals surface area contributed by atoms with E-state index in [1.807, 2.05) is 12.1 Å². The van der Waals surface area contributed by atoms with Gasteiger partial charge in [-0.1, -0.05) is 63.3 Å². The maximum absolute atomic E-state index is 16.0. The number of rotatable bonds is 2. The molecule has 0 atom stereocenters. The van der Waals surface area contributed by atoms with Crippen molar-refractivity contribution < 1.29 is 14.4 Å². The first kappa shape index (κ1) is 18.3. The Balaban J connectivity index is 1.63. The van der Waals surface area contributed by atoms with Gasteiger partial charge < -0.3 is 0 Å². The van der Waals surface area contributed by atoms with Crippen molar-refractivity contribution in [1.29, 1.82) is 0 Å². The number of fused-ring (bicyclic) bond motifs is 4. The van der Waals surface area contributed by atoms with Crippen LogP contribution in [0.3, 0.4) is 0 Å². The van der Waals surface area contributed by atoms with E-state index in [4.69, 9.17) is 5.48 Å². The zero-order valence-corrected chi connectivity index (χ0v) is 22.2. The molecule has 0 bridgehead atoms. The SMILES string of the molecule is [2H]C1([2H])c2ccc(-c3c(F)ccc4c3[Si](C)(C)c3c-4ccc(C)c3-c3cccc[n+]3C)cc2C([2H])([2H])C1(C)C. The summed E-state index contributed by atoms with van der Waals surface area (Å²) in [6.45, 7) is 9.96. The molecule has 0 radical (unpaired) electrons. The molecule has 35 heavy (non-hydrogen) atoms. The predicted molar refractivity (Wildman–Crippen MR) is 147 cm³/mol. The molecule has 0 N–H and O–H groups in total. The van der Waals surface area contributed by atoms with Crippen molar-refractivity contribution in [3.63, 3.8) is 0 Å². The summed E-state index contributed by atoms with van der Waals surface area (Å²) in [6.07, 6.45) is -1.70. The van der Waals surface area contributed by atoms with Crippen molar-refractivity contribution in [2.45, 2.75) is 46.6 Å². The van der Waals surface area contributed by atoms with Gasteiger partial charge in [0.2, 0.25) is 5.69 Å². The van der Waals surface area contributed by atoms with Gasteiger partial charge in [-0.15, -0.1) is 0 Å². The Morgan fingerprint density at radius 1 is 0.886 bits per heavy atom. The molecule has 0 spiro atoms. The Labute approximate surface area is 214 Å². The smallest absolute Gasteiger partial charge is 0.206 e. The highest BCUT2D eigenvalue weighted by Gasteiger charge is 2.44. The summed E-state index contributed by atoms with van der Waals surface area (Å²) in [7, 11) is -0.411. The predicted octanol–water partition coefficient (Wildman–Crippen LogP) is 6.22. The van der Waals surface area contributed by atoms with Crippen LogP contribution in [0.4, 0.5) is 4.39 Å². The maximum Gasteiger partial charge on any atom is 0.212 e. The molecule has 2 heterocycles. The fourth-order valence-electron chi connectivity index (χ4n) is 6.17. The molecule has 0 fully saturated rings. The van der Waals surface area contributed by atoms with Crippen LogP contribution in [0.1, 0.15) is 36.0 Å². The standard InChI is InChI=1S/C32H33FNSi/c1-20-10-13-24-25-14-15-26(33)29(21-11-12-22-18-32(2,3)19-23(22)17-21)31(25)35(5,6)30(24)28(20)27-9-7-8-16-34(27)4/h7-17H,18-19H2,1-6H3/q+1/i18D2,19D2. The molecule has 6 rings (SSSR count). The Morgan fingerprint density at radius 3 is 2.31 bits per heavy atom. The van der Waals surface area contributed by atoms with Crippen LogP contribution in [-0.2, 0) is 19.8 Å². The second-order valence-corrected chi connectivity index (χ2v) is 15.2. The number of nitrogens with zero attached hydrogens (tertiary/aromatic N) is 1. The molecule has 1 nitrogen and oxygen atoms in total. The van der Waals surface area contributed by atoms with Crippen molar-refractivity contribution in [2.24, 2.45) is 12.5 Å². The molecule has 1 aromatic heterocycles. The molecular weight excluding hydrogens is 445 g/mol. The largest absolute Gasteiger partial charge is 0.212 e. The summed E-state index contributed by atoms with van der Waals surface area (Å²) in [5.41, 5.74) is 6.22. The van der Waals surface area contributed by atoms with Crippen LogP contribution in [0.15, 0.2) is 66.9 Å². The topological polar surface area (TPSA) is 3.88 Å². The van der Waals surface area contributed by atoms with E-state index >= 15 is 4.39 Å². The summed E-state index contributed by atoms with van der Waals surface area (Å²) >= 11 is 0. The van der Waals surface area contributed by atoms with E-state index in [9.17, 15) is 0 Å². The minimum absolute atomic E-state index is 0.315. The number of aromatic nitrogens is 1. The molecule has 2 aliphatic rings. The highest BCUT2D eigenvalue weighted by molar-refractivity contribution is 7.05. The Bertz CT molecular complexity index is 1710. The van der Waals surface area contributed by atoms with Crippen LogP contribution < -0.4 is 14.9 Å². The number of pyridine rings is 1. The van der Waals surface area contributed by atoms with E-state index < -0.39 is 26.2 Å². The minimum atomic E-state index is -2.46. The third kappa shape index (κ3) is 3.28. The number of aryl methyl sites for hydroxylation is 2. The molecule has 1 aliphatic carbocycles. The van der Waals surface area contributed by atoms with Crippen LogP contribution in [0.5, 0.6) is 0 Å². The van der Waals surface area contributed by atoms with Gasteiger partial charge in [-0.25, -0.2) is 8.96 Å². The lowest BCUT2D eigenvalue weighted by Crippen LogP contribution is -2.52. The number of benzene rings is 3. The van der Waals surface area contributed by atoms with Gasteiger partial charge in [0.15, 0.2) is 6.20 Å². The number of hydrogen-bond donors (Lipinski definition) is 0. The summed E-state index contributed by atoms with van der Waals surface area (Å²) in [5, 5.41) is 2.31. The Kier molecular flexibility index (Phi) is 3.90. The Morgan fingerprint density at radius 2 is 1.57 bits per heavy atom. The van der Waals surface area contributed by atoms with Crippen LogP contribution in [-0.4, -0.2) is 8.07 Å². The highest BCUT2D eigenvalue weighted by atomic mass is 28.3. The molecule has 3 heteroatoms. The minimum Gasteiger partial charge on any atom is -0.206 e. The van der Waals surface area contributed by atoms with Crippen LogP contribution in [0.2, 0.25) is 13.1 Å². The number of halogens is 1. The van der Waals surface area contributed by atoms with Gasteiger partial charge in [0.05, 0.1) is 0 Å². The fraction of sp³-hybridized carbons (Fsp3) is 0.281. The lowest BCUT2D eigenvalue weighted by Gasteiger charge is -2.25. The van der Waals surface area contributed by atoms with Crippen molar-refractivity contribution in [3.8, 4) is 33.5 Å². The van der Waals surface area contributed by atoms with Crippen LogP contribution >= 0.6 is 0 Å². The average Bonchev–Trinajstić information content (AvgIpc) is 3.15. The zero-order valence-electron chi connectivity index (χ0n) is 25.2. The molecule has 0 saturated carbocycles. The molecule has 176 valence electrons. The first-order valence-electron chi connectivity index (χ1n) is 14.2.